The van der Waals surface area contributed by atoms with Crippen LogP contribution in [0.2, 0.25) is 0 Å². The fourth-order valence-corrected chi connectivity index (χ4v) is 2.65. The van der Waals surface area contributed by atoms with Gasteiger partial charge in [0.25, 0.3) is 0 Å². The third kappa shape index (κ3) is 2.17. The number of aryl methyl sites for hydroxylation is 1. The SMILES string of the molecule is Cc1nnc(C2CC=CCC2C(=O)O)n1C(C)C. The summed E-state index contributed by atoms with van der Waals surface area (Å²) in [6.45, 7) is 6.04. The Kier molecular flexibility index (Phi) is 3.50. The predicted octanol–water partition coefficient (Wildman–Crippen LogP) is 2.30. The van der Waals surface area contributed by atoms with E-state index in [4.69, 9.17) is 0 Å². The van der Waals surface area contributed by atoms with Gasteiger partial charge in [0.15, 0.2) is 0 Å². The summed E-state index contributed by atoms with van der Waals surface area (Å²) in [5, 5.41) is 17.6. The summed E-state index contributed by atoms with van der Waals surface area (Å²) in [6.07, 6.45) is 5.28. The van der Waals surface area contributed by atoms with E-state index in [1.54, 1.807) is 0 Å². The van der Waals surface area contributed by atoms with Gasteiger partial charge < -0.3 is 9.67 Å². The molecule has 0 amide bonds. The van der Waals surface area contributed by atoms with Gasteiger partial charge in [-0.2, -0.15) is 0 Å². The number of hydrogen-bond donors (Lipinski definition) is 1. The van der Waals surface area contributed by atoms with Crippen molar-refractivity contribution in [1.82, 2.24) is 14.8 Å². The molecule has 0 bridgehead atoms. The number of aliphatic carboxylic acids is 1. The van der Waals surface area contributed by atoms with E-state index >= 15 is 0 Å². The first-order valence-electron chi connectivity index (χ1n) is 6.31. The Morgan fingerprint density at radius 3 is 2.67 bits per heavy atom. The number of carbonyl (C=O) groups is 1. The Morgan fingerprint density at radius 1 is 1.39 bits per heavy atom. The van der Waals surface area contributed by atoms with Gasteiger partial charge in [0.05, 0.1) is 5.92 Å². The summed E-state index contributed by atoms with van der Waals surface area (Å²) in [6, 6.07) is 0.246. The van der Waals surface area contributed by atoms with Gasteiger partial charge >= 0.3 is 5.97 Å². The van der Waals surface area contributed by atoms with Gasteiger partial charge in [-0.05, 0) is 33.6 Å². The van der Waals surface area contributed by atoms with Crippen molar-refractivity contribution in [1.29, 1.82) is 0 Å². The first-order chi connectivity index (χ1) is 8.52. The molecule has 2 rings (SSSR count). The molecule has 5 nitrogen and oxygen atoms in total. The van der Waals surface area contributed by atoms with Gasteiger partial charge in [-0.15, -0.1) is 10.2 Å². The zero-order valence-corrected chi connectivity index (χ0v) is 11.0. The largest absolute Gasteiger partial charge is 0.481 e. The van der Waals surface area contributed by atoms with Gasteiger partial charge in [0.2, 0.25) is 0 Å². The van der Waals surface area contributed by atoms with Crippen molar-refractivity contribution < 1.29 is 9.90 Å². The fourth-order valence-electron chi connectivity index (χ4n) is 2.65. The standard InChI is InChI=1S/C13H19N3O2/c1-8(2)16-9(3)14-15-12(16)10-6-4-5-7-11(10)13(17)18/h4-5,8,10-11H,6-7H2,1-3H3,(H,17,18). The van der Waals surface area contributed by atoms with Crippen molar-refractivity contribution in [3.8, 4) is 0 Å². The smallest absolute Gasteiger partial charge is 0.307 e. The number of nitrogens with zero attached hydrogens (tertiary/aromatic N) is 3. The third-order valence-electron chi connectivity index (χ3n) is 3.49. The van der Waals surface area contributed by atoms with E-state index in [9.17, 15) is 9.90 Å². The molecular formula is C13H19N3O2. The van der Waals surface area contributed by atoms with Crippen LogP contribution in [0.4, 0.5) is 0 Å². The number of carboxylic acids is 1. The van der Waals surface area contributed by atoms with Crippen LogP contribution in [0.1, 0.15) is 50.3 Å². The Hall–Kier alpha value is -1.65. The van der Waals surface area contributed by atoms with E-state index < -0.39 is 11.9 Å². The second-order valence-corrected chi connectivity index (χ2v) is 5.06. The first-order valence-corrected chi connectivity index (χ1v) is 6.31. The van der Waals surface area contributed by atoms with Crippen LogP contribution >= 0.6 is 0 Å². The maximum absolute atomic E-state index is 11.3. The van der Waals surface area contributed by atoms with Gasteiger partial charge in [-0.25, -0.2) is 0 Å². The molecule has 1 aliphatic carbocycles. The molecule has 2 unspecified atom stereocenters. The van der Waals surface area contributed by atoms with Crippen molar-refractivity contribution in [2.75, 3.05) is 0 Å². The van der Waals surface area contributed by atoms with E-state index in [-0.39, 0.29) is 12.0 Å². The Balaban J connectivity index is 2.41. The Morgan fingerprint density at radius 2 is 2.06 bits per heavy atom. The van der Waals surface area contributed by atoms with Crippen molar-refractivity contribution in [2.45, 2.75) is 45.6 Å². The maximum Gasteiger partial charge on any atom is 0.307 e. The molecule has 0 spiro atoms. The summed E-state index contributed by atoms with van der Waals surface area (Å²) in [5.41, 5.74) is 0. The monoisotopic (exact) mass is 249 g/mol. The maximum atomic E-state index is 11.3. The zero-order chi connectivity index (χ0) is 13.3. The molecule has 2 atom stereocenters. The summed E-state index contributed by atoms with van der Waals surface area (Å²) >= 11 is 0. The topological polar surface area (TPSA) is 68.0 Å². The van der Waals surface area contributed by atoms with Gasteiger partial charge in [-0.1, -0.05) is 12.2 Å². The van der Waals surface area contributed by atoms with Crippen molar-refractivity contribution in [3.63, 3.8) is 0 Å². The van der Waals surface area contributed by atoms with Crippen LogP contribution in [-0.2, 0) is 4.79 Å². The van der Waals surface area contributed by atoms with Crippen LogP contribution in [0.15, 0.2) is 12.2 Å². The number of rotatable bonds is 3. The molecule has 0 saturated carbocycles. The molecule has 1 aliphatic rings. The van der Waals surface area contributed by atoms with Gasteiger partial charge in [-0.3, -0.25) is 4.79 Å². The van der Waals surface area contributed by atoms with Crippen LogP contribution in [0.5, 0.6) is 0 Å². The Bertz CT molecular complexity index is 477. The lowest BCUT2D eigenvalue weighted by Crippen LogP contribution is -2.26. The van der Waals surface area contributed by atoms with Gasteiger partial charge in [0, 0.05) is 12.0 Å². The van der Waals surface area contributed by atoms with Crippen molar-refractivity contribution in [2.24, 2.45) is 5.92 Å². The molecule has 1 N–H and O–H groups in total. The van der Waals surface area contributed by atoms with E-state index in [1.165, 1.54) is 0 Å². The van der Waals surface area contributed by atoms with Crippen LogP contribution in [0, 0.1) is 12.8 Å². The molecule has 98 valence electrons. The minimum atomic E-state index is -0.750. The van der Waals surface area contributed by atoms with Crippen LogP contribution < -0.4 is 0 Å². The molecule has 1 heterocycles. The lowest BCUT2D eigenvalue weighted by Gasteiger charge is -2.26. The number of hydrogen-bond acceptors (Lipinski definition) is 3. The average Bonchev–Trinajstić information content (AvgIpc) is 2.71. The van der Waals surface area contributed by atoms with Gasteiger partial charge in [0.1, 0.15) is 11.6 Å². The molecule has 0 fully saturated rings. The van der Waals surface area contributed by atoms with E-state index in [0.29, 0.717) is 6.42 Å². The normalized spacial score (nSPS) is 23.6. The molecule has 18 heavy (non-hydrogen) atoms. The lowest BCUT2D eigenvalue weighted by atomic mass is 9.82. The molecule has 1 aromatic heterocycles. The van der Waals surface area contributed by atoms with E-state index in [1.807, 2.05) is 23.6 Å². The van der Waals surface area contributed by atoms with Crippen molar-refractivity contribution >= 4 is 5.97 Å². The minimum Gasteiger partial charge on any atom is -0.481 e. The average molecular weight is 249 g/mol. The summed E-state index contributed by atoms with van der Waals surface area (Å²) in [4.78, 5) is 11.3. The van der Waals surface area contributed by atoms with Crippen LogP contribution in [0.3, 0.4) is 0 Å². The predicted molar refractivity (Wildman–Crippen MR) is 67.4 cm³/mol. The van der Waals surface area contributed by atoms with Crippen LogP contribution in [-0.4, -0.2) is 25.8 Å². The third-order valence-corrected chi connectivity index (χ3v) is 3.49. The highest BCUT2D eigenvalue weighted by Gasteiger charge is 2.34. The number of carboxylic acid groups (broad SMARTS) is 1. The number of allylic oxidation sites excluding steroid dienone is 2. The second-order valence-electron chi connectivity index (χ2n) is 5.06. The van der Waals surface area contributed by atoms with Crippen molar-refractivity contribution in [3.05, 3.63) is 23.8 Å². The lowest BCUT2D eigenvalue weighted by molar-refractivity contribution is -0.142. The molecular weight excluding hydrogens is 230 g/mol. The molecule has 0 aromatic carbocycles. The highest BCUT2D eigenvalue weighted by Crippen LogP contribution is 2.35. The number of aromatic nitrogens is 3. The van der Waals surface area contributed by atoms with E-state index in [0.717, 1.165) is 18.1 Å². The zero-order valence-electron chi connectivity index (χ0n) is 11.0. The molecule has 1 aromatic rings. The van der Waals surface area contributed by atoms with E-state index in [2.05, 4.69) is 24.0 Å². The molecule has 0 saturated heterocycles. The molecule has 0 radical (unpaired) electrons. The highest BCUT2D eigenvalue weighted by molar-refractivity contribution is 5.71. The minimum absolute atomic E-state index is 0.0731. The quantitative estimate of drug-likeness (QED) is 0.835. The first kappa shape index (κ1) is 12.8. The molecule has 0 aliphatic heterocycles. The molecule has 5 heteroatoms. The Labute approximate surface area is 107 Å². The summed E-state index contributed by atoms with van der Waals surface area (Å²) < 4.78 is 2.04. The highest BCUT2D eigenvalue weighted by atomic mass is 16.4. The van der Waals surface area contributed by atoms with Crippen LogP contribution in [0.25, 0.3) is 0 Å². The summed E-state index contributed by atoms with van der Waals surface area (Å²) in [5.74, 6) is 0.436. The fraction of sp³-hybridized carbons (Fsp3) is 0.615. The summed E-state index contributed by atoms with van der Waals surface area (Å²) in [7, 11) is 0. The second kappa shape index (κ2) is 4.92.